The summed E-state index contributed by atoms with van der Waals surface area (Å²) >= 11 is 0. The second-order valence-corrected chi connectivity index (χ2v) is 7.96. The van der Waals surface area contributed by atoms with E-state index in [-0.39, 0.29) is 17.8 Å². The van der Waals surface area contributed by atoms with Gasteiger partial charge in [-0.25, -0.2) is 0 Å². The number of aliphatic hydroxyl groups excluding tert-OH is 2. The molecule has 0 aliphatic heterocycles. The van der Waals surface area contributed by atoms with Crippen molar-refractivity contribution in [2.45, 2.75) is 37.5 Å². The lowest BCUT2D eigenvalue weighted by molar-refractivity contribution is -0.253. The first-order valence-electron chi connectivity index (χ1n) is 10.6. The molecule has 3 rings (SSSR count). The highest BCUT2D eigenvalue weighted by Gasteiger charge is 2.44. The fourth-order valence-corrected chi connectivity index (χ4v) is 3.42. The molecule has 4 nitrogen and oxygen atoms in total. The van der Waals surface area contributed by atoms with Crippen molar-refractivity contribution >= 4 is 5.69 Å². The molecule has 0 fully saturated rings. The molecule has 194 valence electrons. The number of aliphatic hydroxyl groups is 2. The van der Waals surface area contributed by atoms with Gasteiger partial charge in [0, 0.05) is 12.2 Å². The average Bonchev–Trinajstić information content (AvgIpc) is 2.83. The van der Waals surface area contributed by atoms with Crippen molar-refractivity contribution in [2.24, 2.45) is 0 Å². The van der Waals surface area contributed by atoms with Crippen molar-refractivity contribution in [3.8, 4) is 5.75 Å². The summed E-state index contributed by atoms with van der Waals surface area (Å²) in [5.74, 6) is -0.609. The topological polar surface area (TPSA) is 52.9 Å². The van der Waals surface area contributed by atoms with E-state index in [0.29, 0.717) is 11.1 Å². The maximum Gasteiger partial charge on any atom is 0.461 e. The highest BCUT2D eigenvalue weighted by atomic mass is 19.4. The van der Waals surface area contributed by atoms with Crippen LogP contribution in [0.3, 0.4) is 0 Å². The Morgan fingerprint density at radius 3 is 2.06 bits per heavy atom. The molecule has 2 atom stereocenters. The molecular weight excluding hydrogens is 495 g/mol. The third-order valence-corrected chi connectivity index (χ3v) is 5.22. The molecule has 3 aromatic carbocycles. The second kappa shape index (κ2) is 11.2. The summed E-state index contributed by atoms with van der Waals surface area (Å²) in [5.41, 5.74) is 1.25. The summed E-state index contributed by atoms with van der Waals surface area (Å²) in [6.45, 7) is -1.25. The maximum absolute atomic E-state index is 13.3. The van der Waals surface area contributed by atoms with Gasteiger partial charge in [-0.3, -0.25) is 0 Å². The normalized spacial score (nSPS) is 13.9. The Morgan fingerprint density at radius 1 is 0.778 bits per heavy atom. The average molecular weight is 517 g/mol. The number of halogens is 7. The molecule has 0 saturated carbocycles. The Bertz CT molecular complexity index is 1130. The van der Waals surface area contributed by atoms with Gasteiger partial charge >= 0.3 is 18.7 Å². The lowest BCUT2D eigenvalue weighted by atomic mass is 10.0. The lowest BCUT2D eigenvalue weighted by Gasteiger charge is -2.29. The number of alkyl halides is 7. The molecule has 2 unspecified atom stereocenters. The molecule has 0 bridgehead atoms. The molecule has 0 aromatic heterocycles. The molecule has 0 saturated heterocycles. The molecule has 0 aliphatic carbocycles. The van der Waals surface area contributed by atoms with E-state index in [9.17, 15) is 40.9 Å². The quantitative estimate of drug-likeness (QED) is 0.327. The van der Waals surface area contributed by atoms with Gasteiger partial charge in [0.2, 0.25) is 0 Å². The summed E-state index contributed by atoms with van der Waals surface area (Å²) in [6.07, 6.45) is -17.6. The Hall–Kier alpha value is -3.31. The minimum atomic E-state index is -4.94. The number of benzene rings is 3. The lowest BCUT2D eigenvalue weighted by Crippen LogP contribution is -2.41. The molecule has 36 heavy (non-hydrogen) atoms. The summed E-state index contributed by atoms with van der Waals surface area (Å²) < 4.78 is 95.0. The SMILES string of the molecule is OC(c1ccccc1)c1cccc(N(Cc2cccc(OC(F)(F)C(F)F)c2)CC(O)C(F)(F)F)c1. The van der Waals surface area contributed by atoms with Gasteiger partial charge in [-0.05, 0) is 41.0 Å². The maximum atomic E-state index is 13.3. The van der Waals surface area contributed by atoms with Gasteiger partial charge in [-0.15, -0.1) is 0 Å². The van der Waals surface area contributed by atoms with E-state index in [2.05, 4.69) is 4.74 Å². The number of ether oxygens (including phenoxy) is 1. The zero-order valence-electron chi connectivity index (χ0n) is 18.5. The van der Waals surface area contributed by atoms with Crippen LogP contribution in [0.25, 0.3) is 0 Å². The Morgan fingerprint density at radius 2 is 1.42 bits per heavy atom. The van der Waals surface area contributed by atoms with Crippen LogP contribution in [0.15, 0.2) is 78.9 Å². The number of rotatable bonds is 10. The predicted octanol–water partition coefficient (Wildman–Crippen LogP) is 5.93. The molecule has 0 amide bonds. The van der Waals surface area contributed by atoms with Crippen molar-refractivity contribution < 1.29 is 45.7 Å². The fraction of sp³-hybridized carbons (Fsp3) is 0.280. The van der Waals surface area contributed by atoms with E-state index >= 15 is 0 Å². The van der Waals surface area contributed by atoms with Crippen LogP contribution < -0.4 is 9.64 Å². The summed E-state index contributed by atoms with van der Waals surface area (Å²) in [7, 11) is 0. The van der Waals surface area contributed by atoms with E-state index in [0.717, 1.165) is 17.0 Å². The monoisotopic (exact) mass is 517 g/mol. The minimum absolute atomic E-state index is 0.154. The number of hydrogen-bond donors (Lipinski definition) is 2. The Kier molecular flexibility index (Phi) is 8.47. The van der Waals surface area contributed by atoms with Crippen LogP contribution in [-0.4, -0.2) is 41.6 Å². The molecule has 2 N–H and O–H groups in total. The number of hydrogen-bond acceptors (Lipinski definition) is 4. The Balaban J connectivity index is 1.91. The standard InChI is InChI=1S/C25H22F7NO3/c26-23(27)25(31,32)36-20-11-4-6-16(12-20)14-33(15-21(34)24(28,29)30)19-10-5-9-18(13-19)22(35)17-7-2-1-3-8-17/h1-13,21-23,34-35H,14-15H2. The van der Waals surface area contributed by atoms with Crippen LogP contribution in [0, 0.1) is 0 Å². The van der Waals surface area contributed by atoms with E-state index in [1.54, 1.807) is 36.4 Å². The van der Waals surface area contributed by atoms with Crippen LogP contribution in [0.1, 0.15) is 22.8 Å². The van der Waals surface area contributed by atoms with Gasteiger partial charge < -0.3 is 19.8 Å². The van der Waals surface area contributed by atoms with Crippen molar-refractivity contribution in [1.82, 2.24) is 0 Å². The van der Waals surface area contributed by atoms with Crippen LogP contribution >= 0.6 is 0 Å². The molecular formula is C25H22F7NO3. The summed E-state index contributed by atoms with van der Waals surface area (Å²) in [5, 5.41) is 20.4. The molecule has 11 heteroatoms. The smallest absolute Gasteiger partial charge is 0.428 e. The predicted molar refractivity (Wildman–Crippen MR) is 118 cm³/mol. The van der Waals surface area contributed by atoms with Crippen LogP contribution in [-0.2, 0) is 6.54 Å². The van der Waals surface area contributed by atoms with Crippen LogP contribution in [0.5, 0.6) is 5.75 Å². The molecule has 0 spiro atoms. The zero-order chi connectivity index (χ0) is 26.5. The first-order valence-corrected chi connectivity index (χ1v) is 10.6. The molecule has 0 heterocycles. The largest absolute Gasteiger partial charge is 0.461 e. The van der Waals surface area contributed by atoms with Crippen LogP contribution in [0.4, 0.5) is 36.4 Å². The summed E-state index contributed by atoms with van der Waals surface area (Å²) in [4.78, 5) is 1.13. The third kappa shape index (κ3) is 7.11. The Labute approximate surface area is 202 Å². The van der Waals surface area contributed by atoms with E-state index in [1.807, 2.05) is 0 Å². The zero-order valence-corrected chi connectivity index (χ0v) is 18.5. The fourth-order valence-electron chi connectivity index (χ4n) is 3.42. The van der Waals surface area contributed by atoms with Gasteiger partial charge in [-0.2, -0.15) is 30.7 Å². The minimum Gasteiger partial charge on any atom is -0.428 e. The van der Waals surface area contributed by atoms with E-state index in [4.69, 9.17) is 0 Å². The third-order valence-electron chi connectivity index (χ3n) is 5.22. The van der Waals surface area contributed by atoms with Gasteiger partial charge in [-0.1, -0.05) is 54.6 Å². The highest BCUT2D eigenvalue weighted by molar-refractivity contribution is 5.51. The first kappa shape index (κ1) is 27.3. The molecule has 0 radical (unpaired) electrons. The van der Waals surface area contributed by atoms with Gasteiger partial charge in [0.25, 0.3) is 0 Å². The second-order valence-electron chi connectivity index (χ2n) is 7.96. The van der Waals surface area contributed by atoms with E-state index in [1.165, 1.54) is 30.3 Å². The first-order chi connectivity index (χ1) is 16.9. The van der Waals surface area contributed by atoms with Crippen molar-refractivity contribution in [3.63, 3.8) is 0 Å². The summed E-state index contributed by atoms with van der Waals surface area (Å²) in [6, 6.07) is 19.1. The highest BCUT2D eigenvalue weighted by Crippen LogP contribution is 2.31. The van der Waals surface area contributed by atoms with E-state index < -0.39 is 43.2 Å². The van der Waals surface area contributed by atoms with Gasteiger partial charge in [0.15, 0.2) is 6.10 Å². The van der Waals surface area contributed by atoms with Gasteiger partial charge in [0.1, 0.15) is 11.9 Å². The molecule has 3 aromatic rings. The van der Waals surface area contributed by atoms with Crippen molar-refractivity contribution in [1.29, 1.82) is 0 Å². The number of anilines is 1. The van der Waals surface area contributed by atoms with Crippen molar-refractivity contribution in [2.75, 3.05) is 11.4 Å². The number of nitrogens with zero attached hydrogens (tertiary/aromatic N) is 1. The molecule has 0 aliphatic rings. The van der Waals surface area contributed by atoms with Gasteiger partial charge in [0.05, 0.1) is 6.54 Å². The van der Waals surface area contributed by atoms with Crippen molar-refractivity contribution in [3.05, 3.63) is 95.6 Å². The van der Waals surface area contributed by atoms with Crippen LogP contribution in [0.2, 0.25) is 0 Å².